The molecule has 0 spiro atoms. The molecule has 0 aliphatic rings. The van der Waals surface area contributed by atoms with Gasteiger partial charge in [-0.2, -0.15) is 5.10 Å². The van der Waals surface area contributed by atoms with Crippen molar-refractivity contribution in [2.24, 2.45) is 5.10 Å². The molecule has 3 N–H and O–H groups in total. The Balaban J connectivity index is 1.48. The summed E-state index contributed by atoms with van der Waals surface area (Å²) in [5.41, 5.74) is 3.55. The topological polar surface area (TPSA) is 127 Å². The molecule has 0 fully saturated rings. The summed E-state index contributed by atoms with van der Waals surface area (Å²) in [5.74, 6) is -0.665. The van der Waals surface area contributed by atoms with Crippen LogP contribution in [0.5, 0.6) is 17.2 Å². The van der Waals surface area contributed by atoms with Gasteiger partial charge in [0.05, 0.1) is 31.3 Å². The predicted octanol–water partition coefficient (Wildman–Crippen LogP) is 4.12. The van der Waals surface area contributed by atoms with Gasteiger partial charge in [-0.1, -0.05) is 24.3 Å². The van der Waals surface area contributed by atoms with Gasteiger partial charge in [-0.05, 0) is 55.0 Å². The van der Waals surface area contributed by atoms with Crippen molar-refractivity contribution in [3.05, 3.63) is 78.1 Å². The van der Waals surface area contributed by atoms with E-state index >= 15 is 0 Å². The van der Waals surface area contributed by atoms with Gasteiger partial charge < -0.3 is 24.8 Å². The molecule has 3 aromatic rings. The Morgan fingerprint density at radius 1 is 0.821 bits per heavy atom. The maximum absolute atomic E-state index is 13.7. The van der Waals surface area contributed by atoms with E-state index in [1.165, 1.54) is 31.5 Å². The van der Waals surface area contributed by atoms with Crippen molar-refractivity contribution in [3.8, 4) is 17.2 Å². The van der Waals surface area contributed by atoms with Gasteiger partial charge in [0.1, 0.15) is 11.6 Å². The average Bonchev–Trinajstić information content (AvgIpc) is 2.93. The quantitative estimate of drug-likeness (QED) is 0.223. The fourth-order valence-electron chi connectivity index (χ4n) is 3.31. The number of methoxy groups -OCH3 is 1. The van der Waals surface area contributed by atoms with E-state index in [1.54, 1.807) is 55.5 Å². The second-order valence-electron chi connectivity index (χ2n) is 8.00. The van der Waals surface area contributed by atoms with Gasteiger partial charge in [0, 0.05) is 12.8 Å². The van der Waals surface area contributed by atoms with Crippen LogP contribution in [0.25, 0.3) is 0 Å². The zero-order valence-electron chi connectivity index (χ0n) is 21.5. The molecule has 0 atom stereocenters. The molecule has 0 unspecified atom stereocenters. The van der Waals surface area contributed by atoms with Crippen LogP contribution < -0.4 is 30.3 Å². The predicted molar refractivity (Wildman–Crippen MR) is 145 cm³/mol. The van der Waals surface area contributed by atoms with E-state index in [0.717, 1.165) is 0 Å². The summed E-state index contributed by atoms with van der Waals surface area (Å²) in [7, 11) is 1.50. The van der Waals surface area contributed by atoms with Crippen molar-refractivity contribution in [2.45, 2.75) is 19.8 Å². The number of benzene rings is 3. The van der Waals surface area contributed by atoms with Crippen LogP contribution >= 0.6 is 0 Å². The number of hydrogen-bond acceptors (Lipinski definition) is 7. The van der Waals surface area contributed by atoms with Crippen molar-refractivity contribution in [2.75, 3.05) is 31.0 Å². The number of carbonyl (C=O) groups excluding carboxylic acids is 3. The molecule has 0 saturated heterocycles. The number of carbonyl (C=O) groups is 3. The molecule has 3 amide bonds. The lowest BCUT2D eigenvalue weighted by atomic mass is 10.2. The van der Waals surface area contributed by atoms with Crippen molar-refractivity contribution < 1.29 is 33.0 Å². The van der Waals surface area contributed by atoms with E-state index in [4.69, 9.17) is 14.2 Å². The number of nitrogens with zero attached hydrogens (tertiary/aromatic N) is 1. The lowest BCUT2D eigenvalue weighted by molar-refractivity contribution is -0.124. The van der Waals surface area contributed by atoms with Crippen LogP contribution in [0.4, 0.5) is 15.8 Å². The van der Waals surface area contributed by atoms with Gasteiger partial charge >= 0.3 is 0 Å². The third-order valence-corrected chi connectivity index (χ3v) is 5.14. The number of ether oxygens (including phenoxy) is 3. The van der Waals surface area contributed by atoms with Gasteiger partial charge in [-0.25, -0.2) is 9.82 Å². The largest absolute Gasteiger partial charge is 0.495 e. The van der Waals surface area contributed by atoms with E-state index in [1.807, 2.05) is 0 Å². The maximum Gasteiger partial charge on any atom is 0.262 e. The molecular weight excluding hydrogens is 507 g/mol. The Hall–Kier alpha value is -4.93. The molecule has 0 bridgehead atoms. The third kappa shape index (κ3) is 9.15. The average molecular weight is 537 g/mol. The van der Waals surface area contributed by atoms with Crippen molar-refractivity contribution in [1.82, 2.24) is 5.43 Å². The summed E-state index contributed by atoms with van der Waals surface area (Å²) in [5, 5.41) is 9.07. The zero-order valence-corrected chi connectivity index (χ0v) is 21.5. The van der Waals surface area contributed by atoms with Crippen molar-refractivity contribution >= 4 is 35.3 Å². The molecule has 0 aliphatic carbocycles. The summed E-state index contributed by atoms with van der Waals surface area (Å²) in [4.78, 5) is 36.4. The van der Waals surface area contributed by atoms with E-state index in [-0.39, 0.29) is 31.0 Å². The number of para-hydroxylation sites is 3. The Kier molecular flexibility index (Phi) is 10.8. The molecule has 3 aromatic carbocycles. The number of halogens is 1. The number of amides is 3. The monoisotopic (exact) mass is 536 g/mol. The smallest absolute Gasteiger partial charge is 0.262 e. The lowest BCUT2D eigenvalue weighted by Gasteiger charge is -2.13. The lowest BCUT2D eigenvalue weighted by Crippen LogP contribution is -2.21. The van der Waals surface area contributed by atoms with E-state index in [2.05, 4.69) is 21.2 Å². The summed E-state index contributed by atoms with van der Waals surface area (Å²) < 4.78 is 30.0. The first kappa shape index (κ1) is 28.6. The molecule has 204 valence electrons. The van der Waals surface area contributed by atoms with Gasteiger partial charge in [-0.3, -0.25) is 14.4 Å². The van der Waals surface area contributed by atoms with Gasteiger partial charge in [0.15, 0.2) is 18.1 Å². The summed E-state index contributed by atoms with van der Waals surface area (Å²) in [6.07, 6.45) is 1.30. The number of hydrazone groups is 1. The Bertz CT molecular complexity index is 1330. The minimum absolute atomic E-state index is 0.0373. The highest BCUT2D eigenvalue weighted by Crippen LogP contribution is 2.28. The summed E-state index contributed by atoms with van der Waals surface area (Å²) in [6, 6.07) is 17.7. The van der Waals surface area contributed by atoms with Crippen LogP contribution in [0.15, 0.2) is 71.8 Å². The summed E-state index contributed by atoms with van der Waals surface area (Å²) >= 11 is 0. The first-order chi connectivity index (χ1) is 18.9. The molecule has 0 aliphatic heterocycles. The zero-order chi connectivity index (χ0) is 28.0. The highest BCUT2D eigenvalue weighted by atomic mass is 19.1. The normalized spacial score (nSPS) is 10.5. The molecule has 0 saturated carbocycles. The number of anilines is 2. The van der Waals surface area contributed by atoms with Crippen LogP contribution in [0.1, 0.15) is 25.3 Å². The van der Waals surface area contributed by atoms with E-state index in [9.17, 15) is 18.8 Å². The van der Waals surface area contributed by atoms with E-state index < -0.39 is 17.6 Å². The Morgan fingerprint density at radius 2 is 1.51 bits per heavy atom. The third-order valence-electron chi connectivity index (χ3n) is 5.14. The molecule has 0 aromatic heterocycles. The fourth-order valence-corrected chi connectivity index (χ4v) is 3.31. The SMILES string of the molecule is CCOc1cc(C=NNC(=O)CCC(=O)Nc2ccccc2OC)ccc1OCC(=O)Nc1ccccc1F. The molecule has 11 heteroatoms. The van der Waals surface area contributed by atoms with Crippen LogP contribution in [-0.4, -0.2) is 44.3 Å². The van der Waals surface area contributed by atoms with Gasteiger partial charge in [0.25, 0.3) is 5.91 Å². The molecular formula is C28H29FN4O6. The number of rotatable bonds is 13. The number of hydrogen-bond donors (Lipinski definition) is 3. The van der Waals surface area contributed by atoms with E-state index in [0.29, 0.717) is 35.1 Å². The van der Waals surface area contributed by atoms with Crippen LogP contribution in [0, 0.1) is 5.82 Å². The number of nitrogens with one attached hydrogen (secondary N) is 3. The second-order valence-corrected chi connectivity index (χ2v) is 8.00. The minimum atomic E-state index is -0.548. The van der Waals surface area contributed by atoms with Gasteiger partial charge in [0.2, 0.25) is 11.8 Å². The van der Waals surface area contributed by atoms with Crippen LogP contribution in [-0.2, 0) is 14.4 Å². The molecule has 3 rings (SSSR count). The maximum atomic E-state index is 13.7. The molecule has 0 radical (unpaired) electrons. The highest BCUT2D eigenvalue weighted by Gasteiger charge is 2.12. The standard InChI is InChI=1S/C28H29FN4O6/c1-3-38-25-16-19(12-13-24(25)39-18-28(36)31-21-9-5-4-8-20(21)29)17-30-33-27(35)15-14-26(34)32-22-10-6-7-11-23(22)37-2/h4-13,16-17H,3,14-15,18H2,1-2H3,(H,31,36)(H,32,34)(H,33,35). The van der Waals surface area contributed by atoms with Crippen LogP contribution in [0.2, 0.25) is 0 Å². The summed E-state index contributed by atoms with van der Waals surface area (Å²) in [6.45, 7) is 1.77. The van der Waals surface area contributed by atoms with Crippen molar-refractivity contribution in [1.29, 1.82) is 0 Å². The van der Waals surface area contributed by atoms with Gasteiger partial charge in [-0.15, -0.1) is 0 Å². The Labute approximate surface area is 225 Å². The second kappa shape index (κ2) is 14.7. The first-order valence-electron chi connectivity index (χ1n) is 12.1. The molecule has 39 heavy (non-hydrogen) atoms. The molecule has 10 nitrogen and oxygen atoms in total. The van der Waals surface area contributed by atoms with Crippen molar-refractivity contribution in [3.63, 3.8) is 0 Å². The van der Waals surface area contributed by atoms with Crippen LogP contribution in [0.3, 0.4) is 0 Å². The first-order valence-corrected chi connectivity index (χ1v) is 12.1. The Morgan fingerprint density at radius 3 is 2.26 bits per heavy atom. The fraction of sp³-hybridized carbons (Fsp3) is 0.214. The highest BCUT2D eigenvalue weighted by molar-refractivity contribution is 5.94. The molecule has 0 heterocycles. The minimum Gasteiger partial charge on any atom is -0.495 e.